The molecule has 2 atom stereocenters. The van der Waals surface area contributed by atoms with E-state index in [4.69, 9.17) is 20.7 Å². The Bertz CT molecular complexity index is 502. The van der Waals surface area contributed by atoms with Crippen LogP contribution in [0.25, 0.3) is 0 Å². The van der Waals surface area contributed by atoms with Gasteiger partial charge in [0.1, 0.15) is 0 Å². The van der Waals surface area contributed by atoms with Gasteiger partial charge in [0, 0.05) is 0 Å². The minimum atomic E-state index is -2.75. The number of rotatable bonds is 14. The molecule has 0 aromatic rings. The van der Waals surface area contributed by atoms with Crippen LogP contribution in [0.5, 0.6) is 0 Å². The fraction of sp³-hybridized carbons (Fsp3) is 0.810. The van der Waals surface area contributed by atoms with Crippen LogP contribution < -0.4 is 5.32 Å². The number of alkyl carbamates (subject to hydrolysis) is 1. The quantitative estimate of drug-likeness (QED) is 0.143. The average molecular weight is 438 g/mol. The van der Waals surface area contributed by atoms with Gasteiger partial charge in [0.05, 0.1) is 0 Å². The van der Waals surface area contributed by atoms with Gasteiger partial charge in [0.25, 0.3) is 0 Å². The Hall–Kier alpha value is -0.800. The second-order valence-electron chi connectivity index (χ2n) is 7.88. The predicted molar refractivity (Wildman–Crippen MR) is 122 cm³/mol. The third-order valence-corrected chi connectivity index (χ3v) is 13.7. The van der Waals surface area contributed by atoms with Crippen LogP contribution in [0.15, 0.2) is 12.2 Å². The van der Waals surface area contributed by atoms with Crippen molar-refractivity contribution in [1.82, 2.24) is 5.32 Å². The standard InChI is InChI=1S/C21H41ClNO4P/c1-8-11-14-28(22,15-12-9-2,16-13-10-3)19(7)27-21(25)23-18(6)26-20(24)17(4)5/h18-19H,4,8-16H2,1-3,5-7H3,(H,23,25). The van der Waals surface area contributed by atoms with Gasteiger partial charge in [-0.3, -0.25) is 0 Å². The molecule has 0 spiro atoms. The molecule has 0 aliphatic heterocycles. The monoisotopic (exact) mass is 437 g/mol. The van der Waals surface area contributed by atoms with Gasteiger partial charge < -0.3 is 0 Å². The topological polar surface area (TPSA) is 64.6 Å². The van der Waals surface area contributed by atoms with Gasteiger partial charge in [0.15, 0.2) is 0 Å². The van der Waals surface area contributed by atoms with Crippen LogP contribution in [0, 0.1) is 0 Å². The molecule has 0 aromatic carbocycles. The second-order valence-corrected chi connectivity index (χ2v) is 16.0. The number of halogens is 1. The fourth-order valence-electron chi connectivity index (χ4n) is 3.26. The number of nitrogens with one attached hydrogen (secondary N) is 1. The first kappa shape index (κ1) is 27.2. The summed E-state index contributed by atoms with van der Waals surface area (Å²) in [6.07, 6.45) is 7.70. The first-order valence-electron chi connectivity index (χ1n) is 10.6. The van der Waals surface area contributed by atoms with Gasteiger partial charge in [0.2, 0.25) is 0 Å². The van der Waals surface area contributed by atoms with Crippen LogP contribution in [0.2, 0.25) is 0 Å². The summed E-state index contributed by atoms with van der Waals surface area (Å²) in [6, 6.07) is 0. The average Bonchev–Trinajstić information content (AvgIpc) is 2.63. The Kier molecular flexibility index (Phi) is 12.3. The number of hydrogen-bond acceptors (Lipinski definition) is 4. The Morgan fingerprint density at radius 3 is 1.75 bits per heavy atom. The molecule has 0 heterocycles. The molecule has 166 valence electrons. The molecule has 7 heteroatoms. The van der Waals surface area contributed by atoms with Gasteiger partial charge >= 0.3 is 176 Å². The van der Waals surface area contributed by atoms with E-state index in [1.165, 1.54) is 0 Å². The van der Waals surface area contributed by atoms with Crippen LogP contribution in [0.3, 0.4) is 0 Å². The first-order valence-corrected chi connectivity index (χ1v) is 14.3. The molecular formula is C21H41ClNO4P. The third-order valence-electron chi connectivity index (χ3n) is 5.26. The Morgan fingerprint density at radius 2 is 1.39 bits per heavy atom. The van der Waals surface area contributed by atoms with Crippen molar-refractivity contribution in [1.29, 1.82) is 0 Å². The van der Waals surface area contributed by atoms with Crippen molar-refractivity contribution in [2.45, 2.75) is 92.1 Å². The van der Waals surface area contributed by atoms with Crippen molar-refractivity contribution in [2.24, 2.45) is 0 Å². The van der Waals surface area contributed by atoms with Gasteiger partial charge in [-0.25, -0.2) is 0 Å². The summed E-state index contributed by atoms with van der Waals surface area (Å²) in [7, 11) is 0. The van der Waals surface area contributed by atoms with Crippen molar-refractivity contribution in [3.05, 3.63) is 12.2 Å². The first-order chi connectivity index (χ1) is 13.0. The van der Waals surface area contributed by atoms with E-state index in [1.54, 1.807) is 13.8 Å². The molecular weight excluding hydrogens is 397 g/mol. The molecule has 0 saturated heterocycles. The molecule has 0 fully saturated rings. The van der Waals surface area contributed by atoms with Crippen molar-refractivity contribution < 1.29 is 19.1 Å². The van der Waals surface area contributed by atoms with Crippen LogP contribution >= 0.6 is 17.2 Å². The number of carbonyl (C=O) groups is 2. The van der Waals surface area contributed by atoms with Crippen LogP contribution in [-0.2, 0) is 14.3 Å². The SMILES string of the molecule is C=C(C)C(=O)OC(C)NC(=O)OC(C)P(Cl)(CCCC)(CCCC)CCCC. The van der Waals surface area contributed by atoms with Gasteiger partial charge in [-0.15, -0.1) is 0 Å². The van der Waals surface area contributed by atoms with E-state index < -0.39 is 24.2 Å². The molecule has 0 rings (SSSR count). The van der Waals surface area contributed by atoms with E-state index in [-0.39, 0.29) is 11.4 Å². The van der Waals surface area contributed by atoms with Crippen molar-refractivity contribution in [3.63, 3.8) is 0 Å². The number of unbranched alkanes of at least 4 members (excludes halogenated alkanes) is 3. The number of hydrogen-bond donors (Lipinski definition) is 1. The zero-order chi connectivity index (χ0) is 21.8. The molecule has 5 nitrogen and oxygen atoms in total. The summed E-state index contributed by atoms with van der Waals surface area (Å²) in [5, 5.41) is 2.57. The summed E-state index contributed by atoms with van der Waals surface area (Å²) >= 11 is 7.52. The molecule has 0 aliphatic rings. The van der Waals surface area contributed by atoms with Crippen LogP contribution in [0.4, 0.5) is 4.79 Å². The minimum absolute atomic E-state index is 0.278. The molecule has 0 aliphatic carbocycles. The Balaban J connectivity index is 5.28. The van der Waals surface area contributed by atoms with Crippen LogP contribution in [-0.4, -0.2) is 42.6 Å². The molecule has 1 N–H and O–H groups in total. The maximum absolute atomic E-state index is 12.4. The van der Waals surface area contributed by atoms with Gasteiger partial charge in [-0.1, -0.05) is 0 Å². The Labute approximate surface area is 176 Å². The van der Waals surface area contributed by atoms with Crippen molar-refractivity contribution in [3.8, 4) is 0 Å². The fourth-order valence-corrected chi connectivity index (χ4v) is 9.77. The molecule has 0 radical (unpaired) electrons. The van der Waals surface area contributed by atoms with E-state index in [0.717, 1.165) is 57.0 Å². The molecule has 2 unspecified atom stereocenters. The summed E-state index contributed by atoms with van der Waals surface area (Å²) in [6.45, 7) is 15.1. The number of esters is 1. The second kappa shape index (κ2) is 12.7. The van der Waals surface area contributed by atoms with E-state index in [2.05, 4.69) is 32.7 Å². The third kappa shape index (κ3) is 8.69. The molecule has 0 aromatic heterocycles. The van der Waals surface area contributed by atoms with Gasteiger partial charge in [-0.05, 0) is 0 Å². The zero-order valence-electron chi connectivity index (χ0n) is 18.7. The van der Waals surface area contributed by atoms with Crippen LogP contribution in [0.1, 0.15) is 80.1 Å². The molecule has 0 saturated carbocycles. The number of amides is 1. The summed E-state index contributed by atoms with van der Waals surface area (Å²) in [5.41, 5.74) is 0.278. The van der Waals surface area contributed by atoms with E-state index in [0.29, 0.717) is 0 Å². The summed E-state index contributed by atoms with van der Waals surface area (Å²) in [4.78, 5) is 24.0. The molecule has 1 amide bonds. The zero-order valence-corrected chi connectivity index (χ0v) is 20.3. The van der Waals surface area contributed by atoms with Crippen molar-refractivity contribution >= 4 is 29.3 Å². The maximum atomic E-state index is 12.4. The number of ether oxygens (including phenoxy) is 2. The normalized spacial score (nSPS) is 15.0. The van der Waals surface area contributed by atoms with Crippen molar-refractivity contribution in [2.75, 3.05) is 18.5 Å². The molecule has 28 heavy (non-hydrogen) atoms. The summed E-state index contributed by atoms with van der Waals surface area (Å²) < 4.78 is 10.9. The van der Waals surface area contributed by atoms with E-state index in [1.807, 2.05) is 6.92 Å². The van der Waals surface area contributed by atoms with E-state index >= 15 is 0 Å². The van der Waals surface area contributed by atoms with E-state index in [9.17, 15) is 9.59 Å². The Morgan fingerprint density at radius 1 is 0.964 bits per heavy atom. The van der Waals surface area contributed by atoms with Gasteiger partial charge in [-0.2, -0.15) is 0 Å². The predicted octanol–water partition coefficient (Wildman–Crippen LogP) is 6.63. The number of carbonyl (C=O) groups excluding carboxylic acids is 2. The summed E-state index contributed by atoms with van der Waals surface area (Å²) in [5.74, 6) is -3.65. The molecule has 0 bridgehead atoms.